The van der Waals surface area contributed by atoms with Gasteiger partial charge in [0.05, 0.1) is 11.1 Å². The lowest BCUT2D eigenvalue weighted by atomic mass is 10.0. The average molecular weight is 408 g/mol. The summed E-state index contributed by atoms with van der Waals surface area (Å²) in [6.45, 7) is 11.0. The molecule has 7 heteroatoms. The third kappa shape index (κ3) is 3.94. The van der Waals surface area contributed by atoms with Crippen LogP contribution in [0.1, 0.15) is 62.9 Å². The molecule has 0 saturated carbocycles. The van der Waals surface area contributed by atoms with Crippen molar-refractivity contribution in [3.8, 4) is 0 Å². The van der Waals surface area contributed by atoms with Crippen molar-refractivity contribution in [3.05, 3.63) is 20.8 Å². The van der Waals surface area contributed by atoms with Crippen molar-refractivity contribution in [3.63, 3.8) is 0 Å². The first-order valence-electron chi connectivity index (χ1n) is 9.79. The van der Waals surface area contributed by atoms with E-state index in [4.69, 9.17) is 4.98 Å². The van der Waals surface area contributed by atoms with Gasteiger partial charge in [0, 0.05) is 23.5 Å². The number of rotatable bonds is 5. The van der Waals surface area contributed by atoms with Gasteiger partial charge in [-0.2, -0.15) is 0 Å². The Bertz CT molecular complexity index is 901. The second-order valence-electron chi connectivity index (χ2n) is 7.56. The number of piperidine rings is 1. The number of likely N-dealkylation sites (tertiary alicyclic amines) is 1. The Morgan fingerprint density at radius 2 is 2.07 bits per heavy atom. The highest BCUT2D eigenvalue weighted by Gasteiger charge is 2.26. The summed E-state index contributed by atoms with van der Waals surface area (Å²) in [7, 11) is 0. The number of thioether (sulfide) groups is 1. The van der Waals surface area contributed by atoms with E-state index in [0.717, 1.165) is 46.5 Å². The van der Waals surface area contributed by atoms with E-state index in [9.17, 15) is 9.59 Å². The first kappa shape index (κ1) is 20.4. The molecule has 0 spiro atoms. The summed E-state index contributed by atoms with van der Waals surface area (Å²) in [5.41, 5.74) is 1.03. The first-order chi connectivity index (χ1) is 12.8. The number of fused-ring (bicyclic) bond motifs is 1. The highest BCUT2D eigenvalue weighted by atomic mass is 32.2. The van der Waals surface area contributed by atoms with Gasteiger partial charge in [0.1, 0.15) is 4.83 Å². The standard InChI is InChI=1S/C20H29N3O2S2/c1-6-15-9-7-8-10-22(15)16(24)11-26-20-21-18-17(13(4)14(5)27-18)19(25)23(20)12(2)3/h12,15H,6-11H2,1-5H3/t15-/m1/s1. The maximum Gasteiger partial charge on any atom is 0.263 e. The molecule has 1 aliphatic heterocycles. The number of nitrogens with zero attached hydrogens (tertiary/aromatic N) is 3. The number of carbonyl (C=O) groups is 1. The molecule has 2 aromatic heterocycles. The lowest BCUT2D eigenvalue weighted by Crippen LogP contribution is -2.44. The minimum absolute atomic E-state index is 0.00462. The second-order valence-corrected chi connectivity index (χ2v) is 9.71. The monoisotopic (exact) mass is 407 g/mol. The molecule has 0 aliphatic carbocycles. The third-order valence-corrected chi connectivity index (χ3v) is 7.50. The van der Waals surface area contributed by atoms with Crippen molar-refractivity contribution in [2.45, 2.75) is 77.5 Å². The van der Waals surface area contributed by atoms with Crippen LogP contribution in [-0.2, 0) is 4.79 Å². The Morgan fingerprint density at radius 1 is 1.33 bits per heavy atom. The molecule has 1 amide bonds. The van der Waals surface area contributed by atoms with Gasteiger partial charge in [0.2, 0.25) is 5.91 Å². The number of aromatic nitrogens is 2. The summed E-state index contributed by atoms with van der Waals surface area (Å²) >= 11 is 2.96. The fraction of sp³-hybridized carbons (Fsp3) is 0.650. The fourth-order valence-electron chi connectivity index (χ4n) is 3.81. The second kappa shape index (κ2) is 8.35. The highest BCUT2D eigenvalue weighted by molar-refractivity contribution is 7.99. The molecule has 3 rings (SSSR count). The zero-order chi connectivity index (χ0) is 19.7. The molecule has 1 saturated heterocycles. The molecule has 27 heavy (non-hydrogen) atoms. The van der Waals surface area contributed by atoms with E-state index in [2.05, 4.69) is 6.92 Å². The summed E-state index contributed by atoms with van der Waals surface area (Å²) in [6, 6.07) is 0.363. The van der Waals surface area contributed by atoms with E-state index in [1.165, 1.54) is 18.2 Å². The summed E-state index contributed by atoms with van der Waals surface area (Å²) < 4.78 is 1.74. The summed E-state index contributed by atoms with van der Waals surface area (Å²) in [4.78, 5) is 34.6. The van der Waals surface area contributed by atoms with Crippen molar-refractivity contribution < 1.29 is 4.79 Å². The van der Waals surface area contributed by atoms with Gasteiger partial charge in [-0.15, -0.1) is 11.3 Å². The smallest absolute Gasteiger partial charge is 0.263 e. The van der Waals surface area contributed by atoms with Crippen molar-refractivity contribution in [1.29, 1.82) is 0 Å². The normalized spacial score (nSPS) is 17.9. The minimum atomic E-state index is 0.00462. The van der Waals surface area contributed by atoms with Crippen LogP contribution in [0.4, 0.5) is 0 Å². The topological polar surface area (TPSA) is 55.2 Å². The number of amides is 1. The summed E-state index contributed by atoms with van der Waals surface area (Å²) in [5.74, 6) is 0.500. The predicted molar refractivity (Wildman–Crippen MR) is 114 cm³/mol. The van der Waals surface area contributed by atoms with Gasteiger partial charge in [0.15, 0.2) is 5.16 Å². The minimum Gasteiger partial charge on any atom is -0.339 e. The van der Waals surface area contributed by atoms with Crippen LogP contribution in [0.15, 0.2) is 9.95 Å². The van der Waals surface area contributed by atoms with Crippen LogP contribution in [0.25, 0.3) is 10.2 Å². The zero-order valence-corrected chi connectivity index (χ0v) is 18.5. The Morgan fingerprint density at radius 3 is 2.74 bits per heavy atom. The Hall–Kier alpha value is -1.34. The Kier molecular flexibility index (Phi) is 6.31. The van der Waals surface area contributed by atoms with Crippen molar-refractivity contribution in [2.75, 3.05) is 12.3 Å². The quantitative estimate of drug-likeness (QED) is 0.539. The molecule has 1 atom stereocenters. The molecule has 0 radical (unpaired) electrons. The van der Waals surface area contributed by atoms with E-state index in [1.54, 1.807) is 15.9 Å². The van der Waals surface area contributed by atoms with Crippen LogP contribution in [0.2, 0.25) is 0 Å². The summed E-state index contributed by atoms with van der Waals surface area (Å²) in [6.07, 6.45) is 4.39. The highest BCUT2D eigenvalue weighted by Crippen LogP contribution is 2.30. The molecule has 0 bridgehead atoms. The number of carbonyl (C=O) groups excluding carboxylic acids is 1. The molecule has 0 unspecified atom stereocenters. The largest absolute Gasteiger partial charge is 0.339 e. The van der Waals surface area contributed by atoms with Crippen LogP contribution in [-0.4, -0.2) is 38.7 Å². The van der Waals surface area contributed by atoms with E-state index < -0.39 is 0 Å². The van der Waals surface area contributed by atoms with Crippen LogP contribution in [0, 0.1) is 13.8 Å². The van der Waals surface area contributed by atoms with E-state index in [0.29, 0.717) is 17.0 Å². The number of aryl methyl sites for hydroxylation is 2. The van der Waals surface area contributed by atoms with Gasteiger partial charge < -0.3 is 4.90 Å². The average Bonchev–Trinajstić information content (AvgIpc) is 2.93. The molecule has 0 N–H and O–H groups in total. The molecule has 2 aromatic rings. The zero-order valence-electron chi connectivity index (χ0n) is 16.9. The van der Waals surface area contributed by atoms with Gasteiger partial charge in [0.25, 0.3) is 5.56 Å². The molecule has 148 valence electrons. The van der Waals surface area contributed by atoms with Crippen LogP contribution in [0.3, 0.4) is 0 Å². The molecule has 1 aliphatic rings. The number of thiophene rings is 1. The van der Waals surface area contributed by atoms with Crippen molar-refractivity contribution in [1.82, 2.24) is 14.5 Å². The predicted octanol–water partition coefficient (Wildman–Crippen LogP) is 4.54. The molecular formula is C20H29N3O2S2. The van der Waals surface area contributed by atoms with Gasteiger partial charge in [-0.3, -0.25) is 14.2 Å². The number of hydrogen-bond donors (Lipinski definition) is 0. The molecular weight excluding hydrogens is 378 g/mol. The van der Waals surface area contributed by atoms with Crippen molar-refractivity contribution >= 4 is 39.2 Å². The fourth-order valence-corrected chi connectivity index (χ4v) is 5.89. The lowest BCUT2D eigenvalue weighted by molar-refractivity contribution is -0.132. The summed E-state index contributed by atoms with van der Waals surface area (Å²) in [5, 5.41) is 1.38. The van der Waals surface area contributed by atoms with E-state index in [1.807, 2.05) is 32.6 Å². The maximum absolute atomic E-state index is 13.1. The van der Waals surface area contributed by atoms with Crippen LogP contribution < -0.4 is 5.56 Å². The molecule has 5 nitrogen and oxygen atoms in total. The number of hydrogen-bond acceptors (Lipinski definition) is 5. The molecule has 0 aromatic carbocycles. The van der Waals surface area contributed by atoms with Crippen molar-refractivity contribution in [2.24, 2.45) is 0 Å². The van der Waals surface area contributed by atoms with Gasteiger partial charge in [-0.25, -0.2) is 4.98 Å². The van der Waals surface area contributed by atoms with E-state index >= 15 is 0 Å². The SMILES string of the molecule is CC[C@@H]1CCCCN1C(=O)CSc1nc2sc(C)c(C)c2c(=O)n1C(C)C. The van der Waals surface area contributed by atoms with Gasteiger partial charge in [-0.05, 0) is 58.9 Å². The molecule has 1 fully saturated rings. The Labute approximate surface area is 169 Å². The third-order valence-electron chi connectivity index (χ3n) is 5.46. The molecule has 3 heterocycles. The van der Waals surface area contributed by atoms with Crippen LogP contribution >= 0.6 is 23.1 Å². The van der Waals surface area contributed by atoms with Gasteiger partial charge >= 0.3 is 0 Å². The van der Waals surface area contributed by atoms with E-state index in [-0.39, 0.29) is 17.5 Å². The lowest BCUT2D eigenvalue weighted by Gasteiger charge is -2.35. The van der Waals surface area contributed by atoms with Gasteiger partial charge in [-0.1, -0.05) is 18.7 Å². The first-order valence-corrected chi connectivity index (χ1v) is 11.6. The maximum atomic E-state index is 13.1. The van der Waals surface area contributed by atoms with Crippen LogP contribution in [0.5, 0.6) is 0 Å². The Balaban J connectivity index is 1.89.